The average molecular weight is 273 g/mol. The molecule has 0 saturated carbocycles. The van der Waals surface area contributed by atoms with Crippen molar-refractivity contribution in [3.63, 3.8) is 0 Å². The number of halogens is 1. The Labute approximate surface area is 115 Å². The molecule has 0 aliphatic carbocycles. The van der Waals surface area contributed by atoms with Gasteiger partial charge in [-0.1, -0.05) is 70.5 Å². The number of alkyl halides is 1. The van der Waals surface area contributed by atoms with Crippen LogP contribution in [-0.4, -0.2) is 23.1 Å². The van der Waals surface area contributed by atoms with Crippen molar-refractivity contribution in [2.45, 2.75) is 5.33 Å². The molecule has 2 heteroatoms. The Morgan fingerprint density at radius 2 is 1.40 bits per heavy atom. The van der Waals surface area contributed by atoms with E-state index in [0.29, 0.717) is 0 Å². The van der Waals surface area contributed by atoms with Crippen molar-refractivity contribution in [1.82, 2.24) is 0 Å². The normalized spacial score (nSPS) is 9.40. The Hall–Kier alpha value is -0.314. The Kier molecular flexibility index (Phi) is 5.36. The van der Waals surface area contributed by atoms with Gasteiger partial charge in [0.1, 0.15) is 0 Å². The molecule has 0 bridgehead atoms. The molecular weight excluding hydrogens is 260 g/mol. The molecule has 0 atom stereocenters. The standard InChI is InChI=1S/C13H11Br.Mg.2H/c14-10-12-8-4-5-9-13(12)11-6-2-1-3-7-11;;;/h1-9H,10H2;;;. The predicted octanol–water partition coefficient (Wildman–Crippen LogP) is 3.33. The fourth-order valence-corrected chi connectivity index (χ4v) is 2.03. The van der Waals surface area contributed by atoms with Gasteiger partial charge in [-0.2, -0.15) is 0 Å². The van der Waals surface area contributed by atoms with E-state index in [2.05, 4.69) is 64.5 Å². The average Bonchev–Trinajstić information content (AvgIpc) is 2.30. The summed E-state index contributed by atoms with van der Waals surface area (Å²) in [7, 11) is 0. The van der Waals surface area contributed by atoms with Gasteiger partial charge in [0.15, 0.2) is 0 Å². The second-order valence-corrected chi connectivity index (χ2v) is 3.72. The number of rotatable bonds is 2. The molecule has 0 spiro atoms. The lowest BCUT2D eigenvalue weighted by Crippen LogP contribution is -1.84. The van der Waals surface area contributed by atoms with Gasteiger partial charge in [-0.3, -0.25) is 0 Å². The summed E-state index contributed by atoms with van der Waals surface area (Å²) in [5.74, 6) is 0. The monoisotopic (exact) mass is 272 g/mol. The van der Waals surface area contributed by atoms with Gasteiger partial charge in [-0.25, -0.2) is 0 Å². The first-order chi connectivity index (χ1) is 6.92. The van der Waals surface area contributed by atoms with E-state index in [1.54, 1.807) is 0 Å². The van der Waals surface area contributed by atoms with Crippen LogP contribution in [-0.2, 0) is 5.33 Å². The minimum Gasteiger partial charge on any atom is -0.0876 e. The molecule has 2 aromatic rings. The van der Waals surface area contributed by atoms with Gasteiger partial charge in [-0.05, 0) is 16.7 Å². The summed E-state index contributed by atoms with van der Waals surface area (Å²) in [5.41, 5.74) is 3.92. The molecule has 0 amide bonds. The van der Waals surface area contributed by atoms with Crippen LogP contribution in [0.2, 0.25) is 0 Å². The van der Waals surface area contributed by atoms with Crippen LogP contribution < -0.4 is 0 Å². The van der Waals surface area contributed by atoms with Crippen molar-refractivity contribution >= 4 is 39.0 Å². The lowest BCUT2D eigenvalue weighted by molar-refractivity contribution is 1.43. The Morgan fingerprint density at radius 3 is 2.07 bits per heavy atom. The predicted molar refractivity (Wildman–Crippen MR) is 73.1 cm³/mol. The quantitative estimate of drug-likeness (QED) is 0.581. The van der Waals surface area contributed by atoms with Crippen molar-refractivity contribution in [1.29, 1.82) is 0 Å². The highest BCUT2D eigenvalue weighted by molar-refractivity contribution is 9.08. The lowest BCUT2D eigenvalue weighted by atomic mass is 10.0. The van der Waals surface area contributed by atoms with E-state index in [1.165, 1.54) is 16.7 Å². The number of hydrogen-bond donors (Lipinski definition) is 0. The summed E-state index contributed by atoms with van der Waals surface area (Å²) in [5, 5.41) is 0.901. The van der Waals surface area contributed by atoms with Gasteiger partial charge in [0.2, 0.25) is 0 Å². The maximum Gasteiger partial charge on any atom is 0.316 e. The van der Waals surface area contributed by atoms with Crippen molar-refractivity contribution in [2.75, 3.05) is 0 Å². The van der Waals surface area contributed by atoms with E-state index in [4.69, 9.17) is 0 Å². The van der Waals surface area contributed by atoms with Gasteiger partial charge in [0.05, 0.1) is 0 Å². The zero-order valence-electron chi connectivity index (χ0n) is 7.78. The first-order valence-corrected chi connectivity index (χ1v) is 5.73. The van der Waals surface area contributed by atoms with Gasteiger partial charge in [0, 0.05) is 5.33 Å². The van der Waals surface area contributed by atoms with E-state index >= 15 is 0 Å². The Bertz CT molecular complexity index is 412. The summed E-state index contributed by atoms with van der Waals surface area (Å²) >= 11 is 3.51. The Morgan fingerprint density at radius 1 is 0.800 bits per heavy atom. The second kappa shape index (κ2) is 6.31. The highest BCUT2D eigenvalue weighted by Gasteiger charge is 2.01. The lowest BCUT2D eigenvalue weighted by Gasteiger charge is -2.06. The molecule has 74 valence electrons. The van der Waals surface area contributed by atoms with Crippen molar-refractivity contribution < 1.29 is 0 Å². The van der Waals surface area contributed by atoms with Crippen LogP contribution in [0.15, 0.2) is 54.6 Å². The molecule has 0 aromatic heterocycles. The molecule has 0 fully saturated rings. The third kappa shape index (κ3) is 3.07. The van der Waals surface area contributed by atoms with Gasteiger partial charge < -0.3 is 0 Å². The second-order valence-electron chi connectivity index (χ2n) is 3.16. The van der Waals surface area contributed by atoms with E-state index in [1.807, 2.05) is 6.07 Å². The third-order valence-electron chi connectivity index (χ3n) is 2.25. The van der Waals surface area contributed by atoms with Gasteiger partial charge in [0.25, 0.3) is 0 Å². The van der Waals surface area contributed by atoms with Crippen molar-refractivity contribution in [2.24, 2.45) is 0 Å². The minimum absolute atomic E-state index is 0. The summed E-state index contributed by atoms with van der Waals surface area (Å²) in [6.45, 7) is 0. The summed E-state index contributed by atoms with van der Waals surface area (Å²) < 4.78 is 0. The topological polar surface area (TPSA) is 0 Å². The molecule has 15 heavy (non-hydrogen) atoms. The molecule has 2 aromatic carbocycles. The first kappa shape index (κ1) is 12.8. The number of benzene rings is 2. The first-order valence-electron chi connectivity index (χ1n) is 4.61. The molecule has 0 saturated heterocycles. The Balaban J connectivity index is 0.00000112. The van der Waals surface area contributed by atoms with Crippen molar-refractivity contribution in [3.05, 3.63) is 60.2 Å². The molecule has 0 aliphatic rings. The van der Waals surface area contributed by atoms with Gasteiger partial charge in [-0.15, -0.1) is 0 Å². The molecular formula is C13H13BrMg. The van der Waals surface area contributed by atoms with Crippen LogP contribution in [0.1, 0.15) is 5.56 Å². The van der Waals surface area contributed by atoms with Crippen LogP contribution in [0, 0.1) is 0 Å². The fourth-order valence-electron chi connectivity index (χ4n) is 1.54. The van der Waals surface area contributed by atoms with Crippen LogP contribution in [0.5, 0.6) is 0 Å². The smallest absolute Gasteiger partial charge is 0.0876 e. The SMILES string of the molecule is BrCc1ccccc1-c1ccccc1.[MgH2]. The number of hydrogen-bond acceptors (Lipinski definition) is 0. The largest absolute Gasteiger partial charge is 0.316 e. The van der Waals surface area contributed by atoms with Crippen LogP contribution in [0.3, 0.4) is 0 Å². The van der Waals surface area contributed by atoms with E-state index in [9.17, 15) is 0 Å². The fraction of sp³-hybridized carbons (Fsp3) is 0.0769. The maximum atomic E-state index is 3.51. The summed E-state index contributed by atoms with van der Waals surface area (Å²) in [6, 6.07) is 18.9. The highest BCUT2D eigenvalue weighted by Crippen LogP contribution is 2.24. The van der Waals surface area contributed by atoms with Crippen molar-refractivity contribution in [3.8, 4) is 11.1 Å². The van der Waals surface area contributed by atoms with Crippen LogP contribution in [0.25, 0.3) is 11.1 Å². The molecule has 0 nitrogen and oxygen atoms in total. The van der Waals surface area contributed by atoms with E-state index < -0.39 is 0 Å². The molecule has 0 aliphatic heterocycles. The molecule has 0 N–H and O–H groups in total. The highest BCUT2D eigenvalue weighted by atomic mass is 79.9. The van der Waals surface area contributed by atoms with Gasteiger partial charge >= 0.3 is 23.1 Å². The van der Waals surface area contributed by atoms with Crippen LogP contribution >= 0.6 is 15.9 Å². The zero-order chi connectivity index (χ0) is 9.80. The third-order valence-corrected chi connectivity index (χ3v) is 2.85. The molecule has 0 radical (unpaired) electrons. The minimum atomic E-state index is 0. The summed E-state index contributed by atoms with van der Waals surface area (Å²) in [6.07, 6.45) is 0. The zero-order valence-corrected chi connectivity index (χ0v) is 9.37. The maximum absolute atomic E-state index is 3.51. The summed E-state index contributed by atoms with van der Waals surface area (Å²) in [4.78, 5) is 0. The van der Waals surface area contributed by atoms with E-state index in [-0.39, 0.29) is 23.1 Å². The molecule has 2 rings (SSSR count). The molecule has 0 heterocycles. The molecule has 0 unspecified atom stereocenters. The van der Waals surface area contributed by atoms with E-state index in [0.717, 1.165) is 5.33 Å². The van der Waals surface area contributed by atoms with Crippen LogP contribution in [0.4, 0.5) is 0 Å².